The predicted octanol–water partition coefficient (Wildman–Crippen LogP) is 0.853. The van der Waals surface area contributed by atoms with Crippen LogP contribution in [0.25, 0.3) is 0 Å². The molecule has 2 aliphatic heterocycles. The van der Waals surface area contributed by atoms with E-state index in [0.717, 1.165) is 24.0 Å². The van der Waals surface area contributed by atoms with Crippen LogP contribution >= 0.6 is 0 Å². The normalized spacial score (nSPS) is 21.0. The van der Waals surface area contributed by atoms with E-state index in [9.17, 15) is 19.2 Å². The van der Waals surface area contributed by atoms with Crippen molar-refractivity contribution in [3.63, 3.8) is 0 Å². The van der Waals surface area contributed by atoms with E-state index in [0.29, 0.717) is 31.2 Å². The lowest BCUT2D eigenvalue weighted by molar-refractivity contribution is -0.136. The summed E-state index contributed by atoms with van der Waals surface area (Å²) in [6, 6.07) is 4.74. The first-order chi connectivity index (χ1) is 14.0. The van der Waals surface area contributed by atoms with Crippen LogP contribution in [0.1, 0.15) is 47.2 Å². The van der Waals surface area contributed by atoms with Crippen molar-refractivity contribution in [2.24, 2.45) is 0 Å². The Hall–Kier alpha value is -2.94. The van der Waals surface area contributed by atoms with Crippen molar-refractivity contribution in [2.45, 2.75) is 50.9 Å². The Morgan fingerprint density at radius 2 is 2.00 bits per heavy atom. The fourth-order valence-electron chi connectivity index (χ4n) is 3.52. The van der Waals surface area contributed by atoms with Gasteiger partial charge in [0.15, 0.2) is 0 Å². The summed E-state index contributed by atoms with van der Waals surface area (Å²) in [6.07, 6.45) is 2.48. The van der Waals surface area contributed by atoms with Gasteiger partial charge in [-0.25, -0.2) is 4.79 Å². The monoisotopic (exact) mass is 401 g/mol. The number of alkyl carbamates (subject to hydrolysis) is 1. The number of amides is 4. The first-order valence-corrected chi connectivity index (χ1v) is 9.80. The molecule has 0 radical (unpaired) electrons. The van der Waals surface area contributed by atoms with Crippen molar-refractivity contribution in [3.8, 4) is 0 Å². The third-order valence-electron chi connectivity index (χ3n) is 5.22. The molecule has 1 saturated heterocycles. The highest BCUT2D eigenvalue weighted by atomic mass is 16.6. The molecule has 0 bridgehead atoms. The molecule has 154 valence electrons. The summed E-state index contributed by atoms with van der Waals surface area (Å²) >= 11 is 0. The molecule has 2 fully saturated rings. The van der Waals surface area contributed by atoms with E-state index in [-0.39, 0.29) is 31.4 Å². The molecule has 0 aromatic heterocycles. The van der Waals surface area contributed by atoms with E-state index in [1.54, 1.807) is 6.07 Å². The van der Waals surface area contributed by atoms with E-state index in [1.165, 1.54) is 4.90 Å². The van der Waals surface area contributed by atoms with Gasteiger partial charge >= 0.3 is 6.09 Å². The minimum absolute atomic E-state index is 0.200. The van der Waals surface area contributed by atoms with E-state index >= 15 is 0 Å². The van der Waals surface area contributed by atoms with Gasteiger partial charge in [-0.2, -0.15) is 0 Å². The van der Waals surface area contributed by atoms with Crippen molar-refractivity contribution in [1.29, 1.82) is 0 Å². The van der Waals surface area contributed by atoms with Crippen LogP contribution in [0.15, 0.2) is 18.2 Å². The van der Waals surface area contributed by atoms with Crippen LogP contribution in [0.5, 0.6) is 0 Å². The van der Waals surface area contributed by atoms with Crippen LogP contribution in [0.3, 0.4) is 0 Å². The third kappa shape index (κ3) is 4.56. The molecule has 3 aliphatic rings. The summed E-state index contributed by atoms with van der Waals surface area (Å²) in [5.41, 5.74) is 2.09. The highest BCUT2D eigenvalue weighted by molar-refractivity contribution is 6.05. The maximum absolute atomic E-state index is 12.8. The number of nitrogens with zero attached hydrogens (tertiary/aromatic N) is 1. The molecule has 4 amide bonds. The molecule has 4 rings (SSSR count). The maximum Gasteiger partial charge on any atom is 0.407 e. The number of fused-ring (bicyclic) bond motifs is 1. The number of hydrogen-bond donors (Lipinski definition) is 2. The fourth-order valence-corrected chi connectivity index (χ4v) is 3.52. The van der Waals surface area contributed by atoms with Crippen molar-refractivity contribution in [2.75, 3.05) is 13.2 Å². The predicted molar refractivity (Wildman–Crippen MR) is 99.6 cm³/mol. The average Bonchev–Trinajstić information content (AvgIpc) is 3.47. The third-order valence-corrected chi connectivity index (χ3v) is 5.22. The van der Waals surface area contributed by atoms with Crippen LogP contribution in [0.2, 0.25) is 0 Å². The van der Waals surface area contributed by atoms with Crippen LogP contribution in [0.4, 0.5) is 4.79 Å². The van der Waals surface area contributed by atoms with Crippen LogP contribution in [-0.2, 0) is 32.2 Å². The Labute approximate surface area is 167 Å². The number of benzene rings is 1. The first kappa shape index (κ1) is 19.4. The smallest absolute Gasteiger partial charge is 0.407 e. The van der Waals surface area contributed by atoms with E-state index in [2.05, 4.69) is 10.6 Å². The molecule has 1 saturated carbocycles. The summed E-state index contributed by atoms with van der Waals surface area (Å²) in [4.78, 5) is 49.5. The number of carbonyl (C=O) groups is 4. The molecular weight excluding hydrogens is 378 g/mol. The Kier molecular flexibility index (Phi) is 5.48. The van der Waals surface area contributed by atoms with Gasteiger partial charge in [0, 0.05) is 25.1 Å². The number of imide groups is 1. The molecule has 2 heterocycles. The molecule has 2 N–H and O–H groups in total. The Balaban J connectivity index is 1.30. The van der Waals surface area contributed by atoms with Gasteiger partial charge in [0.1, 0.15) is 12.6 Å². The Bertz CT molecular complexity index is 851. The molecule has 9 heteroatoms. The van der Waals surface area contributed by atoms with E-state index in [1.807, 2.05) is 12.1 Å². The molecule has 1 unspecified atom stereocenters. The second-order valence-corrected chi connectivity index (χ2v) is 7.45. The van der Waals surface area contributed by atoms with Crippen LogP contribution in [-0.4, -0.2) is 54.1 Å². The SMILES string of the molecule is O=C1CCC(N2Cc3ccc(CNC(=O)OCCOC4CC4)cc3C2=O)C(=O)N1. The lowest BCUT2D eigenvalue weighted by Gasteiger charge is -2.29. The molecule has 1 aromatic carbocycles. The molecule has 1 aromatic rings. The Morgan fingerprint density at radius 3 is 2.76 bits per heavy atom. The lowest BCUT2D eigenvalue weighted by atomic mass is 10.0. The number of hydrogen-bond acceptors (Lipinski definition) is 6. The second kappa shape index (κ2) is 8.20. The number of piperidine rings is 1. The number of ether oxygens (including phenoxy) is 2. The quantitative estimate of drug-likeness (QED) is 0.517. The first-order valence-electron chi connectivity index (χ1n) is 9.80. The topological polar surface area (TPSA) is 114 Å². The van der Waals surface area contributed by atoms with Crippen LogP contribution in [0, 0.1) is 0 Å². The van der Waals surface area contributed by atoms with Crippen LogP contribution < -0.4 is 10.6 Å². The molecule has 29 heavy (non-hydrogen) atoms. The van der Waals surface area contributed by atoms with Gasteiger partial charge in [0.2, 0.25) is 11.8 Å². The average molecular weight is 401 g/mol. The zero-order valence-electron chi connectivity index (χ0n) is 15.9. The Morgan fingerprint density at radius 1 is 1.17 bits per heavy atom. The minimum atomic E-state index is -0.637. The van der Waals surface area contributed by atoms with Gasteiger partial charge in [-0.05, 0) is 36.5 Å². The van der Waals surface area contributed by atoms with Gasteiger partial charge < -0.3 is 19.7 Å². The summed E-state index contributed by atoms with van der Waals surface area (Å²) in [5, 5.41) is 4.94. The summed E-state index contributed by atoms with van der Waals surface area (Å²) in [6.45, 7) is 1.14. The minimum Gasteiger partial charge on any atom is -0.447 e. The molecular formula is C20H23N3O6. The van der Waals surface area contributed by atoms with Crippen molar-refractivity contribution >= 4 is 23.8 Å². The largest absolute Gasteiger partial charge is 0.447 e. The number of carbonyl (C=O) groups excluding carboxylic acids is 4. The van der Waals surface area contributed by atoms with Crippen molar-refractivity contribution in [1.82, 2.24) is 15.5 Å². The molecule has 1 aliphatic carbocycles. The highest BCUT2D eigenvalue weighted by Crippen LogP contribution is 2.28. The second-order valence-electron chi connectivity index (χ2n) is 7.45. The zero-order chi connectivity index (χ0) is 20.4. The maximum atomic E-state index is 12.8. The van der Waals surface area contributed by atoms with Crippen molar-refractivity contribution in [3.05, 3.63) is 34.9 Å². The standard InChI is InChI=1S/C20H23N3O6/c24-17-6-5-16(18(25)22-17)23-11-13-2-1-12(9-15(13)19(23)26)10-21-20(27)29-8-7-28-14-3-4-14/h1-2,9,14,16H,3-8,10-11H2,(H,21,27)(H,22,24,25). The van der Waals surface area contributed by atoms with Gasteiger partial charge in [-0.3, -0.25) is 19.7 Å². The zero-order valence-corrected chi connectivity index (χ0v) is 15.9. The van der Waals surface area contributed by atoms with Crippen molar-refractivity contribution < 1.29 is 28.7 Å². The highest BCUT2D eigenvalue weighted by Gasteiger charge is 2.39. The van der Waals surface area contributed by atoms with E-state index in [4.69, 9.17) is 9.47 Å². The summed E-state index contributed by atoms with van der Waals surface area (Å²) < 4.78 is 10.5. The molecule has 0 spiro atoms. The summed E-state index contributed by atoms with van der Waals surface area (Å²) in [7, 11) is 0. The molecule has 1 atom stereocenters. The summed E-state index contributed by atoms with van der Waals surface area (Å²) in [5.74, 6) is -0.983. The van der Waals surface area contributed by atoms with Gasteiger partial charge in [-0.15, -0.1) is 0 Å². The van der Waals surface area contributed by atoms with Gasteiger partial charge in [0.05, 0.1) is 12.7 Å². The van der Waals surface area contributed by atoms with Gasteiger partial charge in [-0.1, -0.05) is 12.1 Å². The lowest BCUT2D eigenvalue weighted by Crippen LogP contribution is -2.52. The fraction of sp³-hybridized carbons (Fsp3) is 0.500. The molecule has 9 nitrogen and oxygen atoms in total. The van der Waals surface area contributed by atoms with Gasteiger partial charge in [0.25, 0.3) is 5.91 Å². The number of rotatable bonds is 7. The number of nitrogens with one attached hydrogen (secondary N) is 2. The van der Waals surface area contributed by atoms with E-state index < -0.39 is 18.0 Å².